The van der Waals surface area contributed by atoms with Gasteiger partial charge in [0.2, 0.25) is 0 Å². The van der Waals surface area contributed by atoms with Crippen molar-refractivity contribution < 1.29 is 4.79 Å². The second kappa shape index (κ2) is 7.75. The van der Waals surface area contributed by atoms with Crippen molar-refractivity contribution in [2.24, 2.45) is 0 Å². The number of hydrogen-bond acceptors (Lipinski definition) is 2. The van der Waals surface area contributed by atoms with Crippen LogP contribution >= 0.6 is 23.2 Å². The van der Waals surface area contributed by atoms with Crippen LogP contribution in [-0.2, 0) is 13.0 Å². The van der Waals surface area contributed by atoms with Gasteiger partial charge < -0.3 is 4.90 Å². The van der Waals surface area contributed by atoms with Gasteiger partial charge in [-0.25, -0.2) is 4.98 Å². The Hall–Kier alpha value is -2.88. The van der Waals surface area contributed by atoms with E-state index < -0.39 is 0 Å². The molecule has 0 saturated heterocycles. The van der Waals surface area contributed by atoms with Crippen LogP contribution in [0.5, 0.6) is 0 Å². The lowest BCUT2D eigenvalue weighted by molar-refractivity contribution is 0.0736. The van der Waals surface area contributed by atoms with Crippen molar-refractivity contribution in [2.45, 2.75) is 13.0 Å². The van der Waals surface area contributed by atoms with E-state index in [1.807, 2.05) is 47.4 Å². The van der Waals surface area contributed by atoms with Gasteiger partial charge in [-0.05, 0) is 41.8 Å². The minimum atomic E-state index is 0.0180. The van der Waals surface area contributed by atoms with E-state index in [-0.39, 0.29) is 5.91 Å². The molecule has 5 heteroatoms. The van der Waals surface area contributed by atoms with E-state index in [4.69, 9.17) is 28.2 Å². The zero-order valence-corrected chi connectivity index (χ0v) is 17.6. The molecule has 0 fully saturated rings. The number of hydrogen-bond donors (Lipinski definition) is 0. The molecule has 1 aliphatic rings. The Morgan fingerprint density at radius 1 is 0.867 bits per heavy atom. The number of fused-ring (bicyclic) bond motifs is 2. The lowest BCUT2D eigenvalue weighted by Crippen LogP contribution is -2.36. The molecule has 0 radical (unpaired) electrons. The van der Waals surface area contributed by atoms with Gasteiger partial charge in [-0.3, -0.25) is 4.79 Å². The summed E-state index contributed by atoms with van der Waals surface area (Å²) in [6, 6.07) is 23.3. The zero-order valence-electron chi connectivity index (χ0n) is 16.1. The van der Waals surface area contributed by atoms with Crippen molar-refractivity contribution in [3.05, 3.63) is 99.5 Å². The summed E-state index contributed by atoms with van der Waals surface area (Å²) in [5.41, 5.74) is 5.49. The van der Waals surface area contributed by atoms with Gasteiger partial charge in [0.15, 0.2) is 0 Å². The minimum absolute atomic E-state index is 0.0180. The fourth-order valence-corrected chi connectivity index (χ4v) is 4.29. The molecule has 1 amide bonds. The highest BCUT2D eigenvalue weighted by Crippen LogP contribution is 2.31. The Morgan fingerprint density at radius 3 is 2.47 bits per heavy atom. The first-order valence-corrected chi connectivity index (χ1v) is 10.6. The van der Waals surface area contributed by atoms with Crippen LogP contribution in [0.4, 0.5) is 0 Å². The topological polar surface area (TPSA) is 33.2 Å². The standard InChI is InChI=1S/C25H18Cl2N2O/c26-21-10-9-17(13-22(21)27)24-14-20(19-7-3-4-8-23(19)28-24)25(30)29-12-11-16-5-1-2-6-18(16)15-29/h1-10,13-14H,11-12,15H2. The number of carbonyl (C=O) groups is 1. The van der Waals surface area contributed by atoms with E-state index in [1.54, 1.807) is 12.1 Å². The summed E-state index contributed by atoms with van der Waals surface area (Å²) >= 11 is 12.3. The van der Waals surface area contributed by atoms with Crippen LogP contribution in [0, 0.1) is 0 Å². The van der Waals surface area contributed by atoms with E-state index in [0.717, 1.165) is 22.9 Å². The normalized spacial score (nSPS) is 13.3. The highest BCUT2D eigenvalue weighted by molar-refractivity contribution is 6.42. The number of nitrogens with zero attached hydrogens (tertiary/aromatic N) is 2. The van der Waals surface area contributed by atoms with E-state index >= 15 is 0 Å². The molecule has 5 rings (SSSR count). The quantitative estimate of drug-likeness (QED) is 0.366. The molecule has 1 aromatic heterocycles. The fraction of sp³-hybridized carbons (Fsp3) is 0.120. The second-order valence-corrected chi connectivity index (χ2v) is 8.26. The Bertz CT molecular complexity index is 1290. The monoisotopic (exact) mass is 432 g/mol. The lowest BCUT2D eigenvalue weighted by Gasteiger charge is -2.29. The highest BCUT2D eigenvalue weighted by Gasteiger charge is 2.24. The van der Waals surface area contributed by atoms with E-state index in [9.17, 15) is 4.79 Å². The number of carbonyl (C=O) groups excluding carboxylic acids is 1. The molecule has 0 bridgehead atoms. The summed E-state index contributed by atoms with van der Waals surface area (Å²) < 4.78 is 0. The molecule has 0 saturated carbocycles. The van der Waals surface area contributed by atoms with E-state index in [0.29, 0.717) is 34.4 Å². The van der Waals surface area contributed by atoms with E-state index in [2.05, 4.69) is 18.2 Å². The summed E-state index contributed by atoms with van der Waals surface area (Å²) in [7, 11) is 0. The Kier molecular flexibility index (Phi) is 4.93. The fourth-order valence-electron chi connectivity index (χ4n) is 4.00. The summed E-state index contributed by atoms with van der Waals surface area (Å²) in [5.74, 6) is 0.0180. The molecule has 0 aliphatic carbocycles. The number of benzene rings is 3. The number of halogens is 2. The van der Waals surface area contributed by atoms with Crippen LogP contribution in [-0.4, -0.2) is 22.3 Å². The van der Waals surface area contributed by atoms with Gasteiger partial charge in [-0.1, -0.05) is 71.7 Å². The first kappa shape index (κ1) is 19.1. The molecule has 4 aromatic rings. The van der Waals surface area contributed by atoms with Crippen LogP contribution in [0.2, 0.25) is 10.0 Å². The van der Waals surface area contributed by atoms with Gasteiger partial charge in [0, 0.05) is 24.0 Å². The third-order valence-electron chi connectivity index (χ3n) is 5.58. The number of amides is 1. The van der Waals surface area contributed by atoms with Crippen molar-refractivity contribution in [1.82, 2.24) is 9.88 Å². The molecule has 2 heterocycles. The van der Waals surface area contributed by atoms with Crippen molar-refractivity contribution in [3.63, 3.8) is 0 Å². The lowest BCUT2D eigenvalue weighted by atomic mass is 9.98. The van der Waals surface area contributed by atoms with Crippen molar-refractivity contribution in [1.29, 1.82) is 0 Å². The predicted octanol–water partition coefficient (Wildman–Crippen LogP) is 6.41. The van der Waals surface area contributed by atoms with Crippen LogP contribution < -0.4 is 0 Å². The van der Waals surface area contributed by atoms with Gasteiger partial charge in [0.05, 0.1) is 26.8 Å². The maximum Gasteiger partial charge on any atom is 0.254 e. The molecule has 148 valence electrons. The Balaban J connectivity index is 1.59. The number of aromatic nitrogens is 1. The first-order chi connectivity index (χ1) is 14.6. The minimum Gasteiger partial charge on any atom is -0.334 e. The number of pyridine rings is 1. The van der Waals surface area contributed by atoms with Crippen LogP contribution in [0.3, 0.4) is 0 Å². The molecular formula is C25H18Cl2N2O. The van der Waals surface area contributed by atoms with Gasteiger partial charge in [-0.15, -0.1) is 0 Å². The predicted molar refractivity (Wildman–Crippen MR) is 122 cm³/mol. The Labute approximate surface area is 184 Å². The Morgan fingerprint density at radius 2 is 1.63 bits per heavy atom. The van der Waals surface area contributed by atoms with Crippen molar-refractivity contribution in [3.8, 4) is 11.3 Å². The summed E-state index contributed by atoms with van der Waals surface area (Å²) in [5, 5.41) is 1.80. The number of para-hydroxylation sites is 1. The number of rotatable bonds is 2. The summed E-state index contributed by atoms with van der Waals surface area (Å²) in [6.45, 7) is 1.32. The molecule has 0 spiro atoms. The van der Waals surface area contributed by atoms with Gasteiger partial charge in [0.25, 0.3) is 5.91 Å². The molecular weight excluding hydrogens is 415 g/mol. The smallest absolute Gasteiger partial charge is 0.254 e. The second-order valence-electron chi connectivity index (χ2n) is 7.45. The molecule has 0 N–H and O–H groups in total. The van der Waals surface area contributed by atoms with Crippen LogP contribution in [0.15, 0.2) is 72.8 Å². The van der Waals surface area contributed by atoms with Crippen LogP contribution in [0.25, 0.3) is 22.2 Å². The van der Waals surface area contributed by atoms with Gasteiger partial charge in [0.1, 0.15) is 0 Å². The van der Waals surface area contributed by atoms with Crippen molar-refractivity contribution in [2.75, 3.05) is 6.54 Å². The molecule has 0 unspecified atom stereocenters. The SMILES string of the molecule is O=C(c1cc(-c2ccc(Cl)c(Cl)c2)nc2ccccc12)N1CCc2ccccc2C1. The zero-order chi connectivity index (χ0) is 20.7. The maximum absolute atomic E-state index is 13.6. The average molecular weight is 433 g/mol. The molecule has 1 aliphatic heterocycles. The maximum atomic E-state index is 13.6. The molecule has 0 atom stereocenters. The molecule has 30 heavy (non-hydrogen) atoms. The van der Waals surface area contributed by atoms with E-state index in [1.165, 1.54) is 11.1 Å². The van der Waals surface area contributed by atoms with Crippen molar-refractivity contribution >= 4 is 40.0 Å². The molecule has 3 aromatic carbocycles. The summed E-state index contributed by atoms with van der Waals surface area (Å²) in [6.07, 6.45) is 0.866. The highest BCUT2D eigenvalue weighted by atomic mass is 35.5. The first-order valence-electron chi connectivity index (χ1n) is 9.81. The van der Waals surface area contributed by atoms with Gasteiger partial charge in [-0.2, -0.15) is 0 Å². The van der Waals surface area contributed by atoms with Gasteiger partial charge >= 0.3 is 0 Å². The largest absolute Gasteiger partial charge is 0.334 e. The summed E-state index contributed by atoms with van der Waals surface area (Å²) in [4.78, 5) is 20.3. The average Bonchev–Trinajstić information content (AvgIpc) is 2.79. The third-order valence-corrected chi connectivity index (χ3v) is 6.32. The molecule has 3 nitrogen and oxygen atoms in total. The third kappa shape index (κ3) is 3.45. The van der Waals surface area contributed by atoms with Crippen LogP contribution in [0.1, 0.15) is 21.5 Å².